The molecular formula is C16H24N2O3S. The van der Waals surface area contributed by atoms with E-state index in [0.717, 1.165) is 25.9 Å². The molecule has 0 bridgehead atoms. The molecule has 3 rings (SSSR count). The lowest BCUT2D eigenvalue weighted by atomic mass is 9.89. The van der Waals surface area contributed by atoms with E-state index in [4.69, 9.17) is 9.47 Å². The smallest absolute Gasteiger partial charge is 0.273 e. The van der Waals surface area contributed by atoms with Crippen LogP contribution in [0.2, 0.25) is 0 Å². The summed E-state index contributed by atoms with van der Waals surface area (Å²) in [5.74, 6) is 0.403. The Labute approximate surface area is 135 Å². The molecule has 6 heteroatoms. The van der Waals surface area contributed by atoms with Crippen LogP contribution in [-0.2, 0) is 9.47 Å². The van der Waals surface area contributed by atoms with Gasteiger partial charge in [-0.1, -0.05) is 6.42 Å². The molecule has 0 N–H and O–H groups in total. The maximum atomic E-state index is 12.6. The van der Waals surface area contributed by atoms with Crippen LogP contribution in [0.15, 0.2) is 10.9 Å². The molecule has 0 unspecified atom stereocenters. The van der Waals surface area contributed by atoms with Crippen molar-refractivity contribution in [2.45, 2.75) is 44.8 Å². The maximum absolute atomic E-state index is 12.6. The number of thiazole rings is 1. The summed E-state index contributed by atoms with van der Waals surface area (Å²) in [5, 5.41) is 1.82. The second kappa shape index (κ2) is 6.64. The number of carbonyl (C=O) groups excluding carboxylic acids is 1. The predicted molar refractivity (Wildman–Crippen MR) is 85.1 cm³/mol. The second-order valence-corrected chi connectivity index (χ2v) is 7.20. The summed E-state index contributed by atoms with van der Waals surface area (Å²) >= 11 is 1.46. The number of hydrogen-bond donors (Lipinski definition) is 0. The monoisotopic (exact) mass is 324 g/mol. The number of rotatable bonds is 4. The van der Waals surface area contributed by atoms with Crippen LogP contribution >= 0.6 is 11.3 Å². The number of carbonyl (C=O) groups is 1. The minimum Gasteiger partial charge on any atom is -0.378 e. The lowest BCUT2D eigenvalue weighted by molar-refractivity contribution is -0.136. The third-order valence-electron chi connectivity index (χ3n) is 4.68. The second-order valence-electron chi connectivity index (χ2n) is 6.48. The average molecular weight is 324 g/mol. The van der Waals surface area contributed by atoms with Gasteiger partial charge < -0.3 is 14.4 Å². The van der Waals surface area contributed by atoms with Crippen molar-refractivity contribution in [3.8, 4) is 0 Å². The third-order valence-corrected chi connectivity index (χ3v) is 5.26. The highest BCUT2D eigenvalue weighted by Gasteiger charge is 2.48. The third kappa shape index (κ3) is 3.19. The molecule has 1 aliphatic heterocycles. The molecule has 0 radical (unpaired) electrons. The number of nitrogens with zero attached hydrogens (tertiary/aromatic N) is 2. The molecule has 5 nitrogen and oxygen atoms in total. The van der Waals surface area contributed by atoms with Crippen LogP contribution in [0.5, 0.6) is 0 Å². The Morgan fingerprint density at radius 2 is 2.50 bits per heavy atom. The first-order chi connectivity index (χ1) is 10.6. The average Bonchev–Trinajstić information content (AvgIpc) is 3.15. The van der Waals surface area contributed by atoms with Crippen LogP contribution in [-0.4, -0.2) is 53.8 Å². The summed E-state index contributed by atoms with van der Waals surface area (Å²) in [6.07, 6.45) is 3.50. The molecule has 2 fully saturated rings. The molecule has 2 aliphatic rings. The largest absolute Gasteiger partial charge is 0.378 e. The summed E-state index contributed by atoms with van der Waals surface area (Å²) in [7, 11) is 0. The molecule has 0 aromatic carbocycles. The van der Waals surface area contributed by atoms with Gasteiger partial charge in [-0.3, -0.25) is 4.79 Å². The fourth-order valence-corrected chi connectivity index (χ4v) is 4.04. The Kier molecular flexibility index (Phi) is 4.80. The van der Waals surface area contributed by atoms with Crippen LogP contribution in [0.25, 0.3) is 0 Å². The molecule has 1 saturated carbocycles. The van der Waals surface area contributed by atoms with Crippen LogP contribution in [0, 0.1) is 5.92 Å². The first-order valence-corrected chi connectivity index (χ1v) is 8.98. The van der Waals surface area contributed by atoms with E-state index in [1.807, 2.05) is 10.3 Å². The van der Waals surface area contributed by atoms with Gasteiger partial charge in [-0.2, -0.15) is 0 Å². The van der Waals surface area contributed by atoms with Crippen LogP contribution in [0.4, 0.5) is 0 Å². The Bertz CT molecular complexity index is 505. The lowest BCUT2D eigenvalue weighted by Crippen LogP contribution is -2.56. The highest BCUT2D eigenvalue weighted by molar-refractivity contribution is 7.07. The standard InChI is InChI=1S/C16H24N2O3S/c1-12(2)20-8-13-4-3-5-16(13)10-18(6-7-21-16)15(19)14-9-22-11-17-14/h9,11-13H,3-8,10H2,1-2H3/t13-,16+/m1/s1. The van der Waals surface area contributed by atoms with Gasteiger partial charge in [0.25, 0.3) is 5.91 Å². The molecule has 1 aromatic heterocycles. The SMILES string of the molecule is CC(C)OC[C@H]1CCC[C@]12CN(C(=O)c1cscn1)CCO2. The minimum atomic E-state index is -0.223. The molecule has 1 aliphatic carbocycles. The van der Waals surface area contributed by atoms with Crippen molar-refractivity contribution in [3.63, 3.8) is 0 Å². The first-order valence-electron chi connectivity index (χ1n) is 8.04. The van der Waals surface area contributed by atoms with E-state index >= 15 is 0 Å². The van der Waals surface area contributed by atoms with E-state index in [1.165, 1.54) is 11.3 Å². The highest BCUT2D eigenvalue weighted by atomic mass is 32.1. The summed E-state index contributed by atoms with van der Waals surface area (Å²) < 4.78 is 12.0. The van der Waals surface area contributed by atoms with Crippen LogP contribution < -0.4 is 0 Å². The first kappa shape index (κ1) is 15.9. The Morgan fingerprint density at radius 1 is 1.64 bits per heavy atom. The normalized spacial score (nSPS) is 28.7. The molecule has 1 amide bonds. The molecule has 1 saturated heterocycles. The number of ether oxygens (including phenoxy) is 2. The van der Waals surface area contributed by atoms with E-state index in [9.17, 15) is 4.79 Å². The number of aromatic nitrogens is 1. The topological polar surface area (TPSA) is 51.7 Å². The van der Waals surface area contributed by atoms with E-state index in [2.05, 4.69) is 18.8 Å². The Balaban J connectivity index is 1.69. The van der Waals surface area contributed by atoms with Crippen molar-refractivity contribution in [2.75, 3.05) is 26.3 Å². The minimum absolute atomic E-state index is 0.0272. The van der Waals surface area contributed by atoms with Gasteiger partial charge in [-0.25, -0.2) is 4.98 Å². The van der Waals surface area contributed by atoms with Gasteiger partial charge in [0.2, 0.25) is 0 Å². The zero-order valence-corrected chi connectivity index (χ0v) is 14.1. The van der Waals surface area contributed by atoms with Crippen LogP contribution in [0.1, 0.15) is 43.6 Å². The van der Waals surface area contributed by atoms with Crippen molar-refractivity contribution in [2.24, 2.45) is 5.92 Å². The molecule has 22 heavy (non-hydrogen) atoms. The lowest BCUT2D eigenvalue weighted by Gasteiger charge is -2.44. The zero-order chi connectivity index (χ0) is 15.6. The number of hydrogen-bond acceptors (Lipinski definition) is 5. The van der Waals surface area contributed by atoms with Crippen molar-refractivity contribution >= 4 is 17.2 Å². The fraction of sp³-hybridized carbons (Fsp3) is 0.750. The quantitative estimate of drug-likeness (QED) is 0.854. The van der Waals surface area contributed by atoms with Crippen molar-refractivity contribution in [3.05, 3.63) is 16.6 Å². The predicted octanol–water partition coefficient (Wildman–Crippen LogP) is 2.58. The van der Waals surface area contributed by atoms with Crippen molar-refractivity contribution in [1.29, 1.82) is 0 Å². The van der Waals surface area contributed by atoms with Gasteiger partial charge in [-0.15, -0.1) is 11.3 Å². The molecule has 1 spiro atoms. The van der Waals surface area contributed by atoms with E-state index in [1.54, 1.807) is 5.51 Å². The molecular weight excluding hydrogens is 300 g/mol. The molecule has 122 valence electrons. The summed E-state index contributed by atoms with van der Waals surface area (Å²) in [5.41, 5.74) is 2.03. The van der Waals surface area contributed by atoms with Gasteiger partial charge in [0.1, 0.15) is 5.69 Å². The van der Waals surface area contributed by atoms with E-state index in [-0.39, 0.29) is 17.6 Å². The maximum Gasteiger partial charge on any atom is 0.273 e. The highest BCUT2D eigenvalue weighted by Crippen LogP contribution is 2.41. The van der Waals surface area contributed by atoms with Crippen LogP contribution in [0.3, 0.4) is 0 Å². The molecule has 2 heterocycles. The number of morpholine rings is 1. The Hall–Kier alpha value is -0.980. The fourth-order valence-electron chi connectivity index (χ4n) is 3.52. The van der Waals surface area contributed by atoms with E-state index < -0.39 is 0 Å². The van der Waals surface area contributed by atoms with Gasteiger partial charge in [0, 0.05) is 17.8 Å². The summed E-state index contributed by atoms with van der Waals surface area (Å²) in [4.78, 5) is 18.6. The van der Waals surface area contributed by atoms with E-state index in [0.29, 0.717) is 31.3 Å². The summed E-state index contributed by atoms with van der Waals surface area (Å²) in [6.45, 7) is 6.75. The Morgan fingerprint density at radius 3 is 3.23 bits per heavy atom. The zero-order valence-electron chi connectivity index (χ0n) is 13.3. The molecule has 2 atom stereocenters. The van der Waals surface area contributed by atoms with Crippen molar-refractivity contribution < 1.29 is 14.3 Å². The number of amides is 1. The van der Waals surface area contributed by atoms with Crippen molar-refractivity contribution in [1.82, 2.24) is 9.88 Å². The van der Waals surface area contributed by atoms with Gasteiger partial charge in [0.05, 0.1) is 37.0 Å². The van der Waals surface area contributed by atoms with Gasteiger partial charge in [0.15, 0.2) is 0 Å². The molecule has 1 aromatic rings. The summed E-state index contributed by atoms with van der Waals surface area (Å²) in [6, 6.07) is 0. The van der Waals surface area contributed by atoms with Gasteiger partial charge >= 0.3 is 0 Å². The van der Waals surface area contributed by atoms with Gasteiger partial charge in [-0.05, 0) is 26.7 Å².